The molecule has 1 atom stereocenters. The van der Waals surface area contributed by atoms with Gasteiger partial charge in [-0.05, 0) is 37.3 Å². The van der Waals surface area contributed by atoms with E-state index in [2.05, 4.69) is 15.2 Å². The minimum absolute atomic E-state index is 0.00166. The number of nitrogens with two attached hydrogens (primary N) is 1. The second-order valence-corrected chi connectivity index (χ2v) is 6.99. The molecule has 0 saturated heterocycles. The van der Waals surface area contributed by atoms with Gasteiger partial charge in [-0.25, -0.2) is 20.9 Å². The van der Waals surface area contributed by atoms with Crippen LogP contribution in [0.25, 0.3) is 11.0 Å². The molecule has 1 heterocycles. The van der Waals surface area contributed by atoms with Crippen molar-refractivity contribution in [3.8, 4) is 0 Å². The van der Waals surface area contributed by atoms with E-state index in [9.17, 15) is 14.8 Å². The monoisotopic (exact) mass is 372 g/mol. The van der Waals surface area contributed by atoms with Crippen LogP contribution in [0.3, 0.4) is 0 Å². The Balaban J connectivity index is 1.87. The van der Waals surface area contributed by atoms with Crippen molar-refractivity contribution in [2.75, 3.05) is 11.6 Å². The van der Waals surface area contributed by atoms with Gasteiger partial charge in [-0.2, -0.15) is 0 Å². The average molecular weight is 372 g/mol. The summed E-state index contributed by atoms with van der Waals surface area (Å²) in [5.74, 6) is 5.02. The summed E-state index contributed by atoms with van der Waals surface area (Å²) in [5.41, 5.74) is 2.14. The van der Waals surface area contributed by atoms with Gasteiger partial charge in [0.15, 0.2) is 0 Å². The number of nitrogens with zero attached hydrogens (tertiary/aromatic N) is 5. The normalized spacial score (nSPS) is 16.1. The second kappa shape index (κ2) is 8.36. The number of hydrogen-bond donors (Lipinski definition) is 2. The van der Waals surface area contributed by atoms with Crippen LogP contribution < -0.4 is 10.9 Å². The van der Waals surface area contributed by atoms with Crippen LogP contribution in [-0.4, -0.2) is 44.3 Å². The van der Waals surface area contributed by atoms with Gasteiger partial charge in [0.1, 0.15) is 5.52 Å². The summed E-state index contributed by atoms with van der Waals surface area (Å²) < 4.78 is 0. The molecule has 0 aliphatic heterocycles. The van der Waals surface area contributed by atoms with Crippen LogP contribution in [0, 0.1) is 18.8 Å². The van der Waals surface area contributed by atoms with E-state index in [1.54, 1.807) is 6.07 Å². The lowest BCUT2D eigenvalue weighted by molar-refractivity contribution is -0.156. The van der Waals surface area contributed by atoms with E-state index in [4.69, 9.17) is 5.84 Å². The van der Waals surface area contributed by atoms with Crippen molar-refractivity contribution in [3.05, 3.63) is 23.8 Å². The molecule has 2 aromatic rings. The van der Waals surface area contributed by atoms with Gasteiger partial charge in [-0.3, -0.25) is 14.8 Å². The summed E-state index contributed by atoms with van der Waals surface area (Å²) in [6.45, 7) is 1.78. The second-order valence-electron chi connectivity index (χ2n) is 6.99. The zero-order valence-electron chi connectivity index (χ0n) is 15.3. The highest BCUT2D eigenvalue weighted by Gasteiger charge is 2.34. The average Bonchev–Trinajstić information content (AvgIpc) is 2.71. The third kappa shape index (κ3) is 4.20. The molecule has 1 aromatic heterocycles. The Bertz CT molecular complexity index is 824. The lowest BCUT2D eigenvalue weighted by Gasteiger charge is -2.32. The molecular formula is C18H24N6O3. The smallest absolute Gasteiger partial charge is 0.267 e. The first-order valence-electron chi connectivity index (χ1n) is 9.10. The third-order valence-electron chi connectivity index (χ3n) is 5.17. The molecule has 0 bridgehead atoms. The molecule has 1 saturated carbocycles. The van der Waals surface area contributed by atoms with Crippen molar-refractivity contribution in [2.45, 2.75) is 39.0 Å². The van der Waals surface area contributed by atoms with Crippen molar-refractivity contribution in [3.63, 3.8) is 0 Å². The van der Waals surface area contributed by atoms with Crippen LogP contribution in [0.1, 0.15) is 37.7 Å². The van der Waals surface area contributed by atoms with Gasteiger partial charge in [0.25, 0.3) is 5.95 Å². The SMILES string of the molecule is Cc1cccc2nnc(N(N)C(=O)[C@@H](CN(O)C=O)C3CCCCC3)nc12. The van der Waals surface area contributed by atoms with Gasteiger partial charge in [0, 0.05) is 0 Å². The lowest BCUT2D eigenvalue weighted by Crippen LogP contribution is -2.48. The number of hydrogen-bond acceptors (Lipinski definition) is 7. The topological polar surface area (TPSA) is 126 Å². The number of hydroxylamine groups is 2. The summed E-state index contributed by atoms with van der Waals surface area (Å²) >= 11 is 0. The maximum absolute atomic E-state index is 13.1. The largest absolute Gasteiger partial charge is 0.286 e. The molecule has 27 heavy (non-hydrogen) atoms. The Morgan fingerprint density at radius 3 is 2.78 bits per heavy atom. The number of rotatable bonds is 6. The Morgan fingerprint density at radius 1 is 1.33 bits per heavy atom. The van der Waals surface area contributed by atoms with Crippen LogP contribution in [-0.2, 0) is 9.59 Å². The number of aryl methyl sites for hydroxylation is 1. The van der Waals surface area contributed by atoms with Gasteiger partial charge in [-0.1, -0.05) is 31.4 Å². The van der Waals surface area contributed by atoms with Crippen LogP contribution in [0.15, 0.2) is 18.2 Å². The predicted molar refractivity (Wildman–Crippen MR) is 98.4 cm³/mol. The van der Waals surface area contributed by atoms with Crippen molar-refractivity contribution < 1.29 is 14.8 Å². The number of carbonyl (C=O) groups is 2. The van der Waals surface area contributed by atoms with Crippen LogP contribution >= 0.6 is 0 Å². The minimum atomic E-state index is -0.623. The Morgan fingerprint density at radius 2 is 2.07 bits per heavy atom. The van der Waals surface area contributed by atoms with Gasteiger partial charge in [0.2, 0.25) is 12.3 Å². The molecule has 3 rings (SSSR count). The Labute approximate surface area is 157 Å². The molecule has 1 aliphatic carbocycles. The zero-order chi connectivity index (χ0) is 19.4. The van der Waals surface area contributed by atoms with E-state index in [1.165, 1.54) is 0 Å². The molecule has 0 spiro atoms. The summed E-state index contributed by atoms with van der Waals surface area (Å²) in [6, 6.07) is 5.53. The van der Waals surface area contributed by atoms with Crippen LogP contribution in [0.4, 0.5) is 5.95 Å². The van der Waals surface area contributed by atoms with Crippen molar-refractivity contribution >= 4 is 29.3 Å². The van der Waals surface area contributed by atoms with E-state index in [0.29, 0.717) is 22.5 Å². The number of para-hydroxylation sites is 1. The fourth-order valence-corrected chi connectivity index (χ4v) is 3.68. The predicted octanol–water partition coefficient (Wildman–Crippen LogP) is 1.58. The molecular weight excluding hydrogens is 348 g/mol. The summed E-state index contributed by atoms with van der Waals surface area (Å²) in [7, 11) is 0. The molecule has 9 nitrogen and oxygen atoms in total. The molecule has 1 aliphatic rings. The van der Waals surface area contributed by atoms with Gasteiger partial charge in [-0.15, -0.1) is 10.2 Å². The van der Waals surface area contributed by atoms with E-state index in [0.717, 1.165) is 42.7 Å². The molecule has 9 heteroatoms. The molecule has 2 amide bonds. The first kappa shape index (κ1) is 19.1. The van der Waals surface area contributed by atoms with Gasteiger partial charge in [0.05, 0.1) is 18.0 Å². The summed E-state index contributed by atoms with van der Waals surface area (Å²) in [6.07, 6.45) is 5.15. The van der Waals surface area contributed by atoms with Crippen molar-refractivity contribution in [1.29, 1.82) is 0 Å². The molecule has 0 unspecified atom stereocenters. The number of aromatic nitrogens is 3. The number of anilines is 1. The van der Waals surface area contributed by atoms with E-state index >= 15 is 0 Å². The zero-order valence-corrected chi connectivity index (χ0v) is 15.3. The quantitative estimate of drug-likeness (QED) is 0.259. The highest BCUT2D eigenvalue weighted by atomic mass is 16.5. The highest BCUT2D eigenvalue weighted by molar-refractivity contribution is 5.93. The third-order valence-corrected chi connectivity index (χ3v) is 5.17. The number of amides is 2. The Kier molecular flexibility index (Phi) is 5.92. The Hall–Kier alpha value is -2.65. The highest BCUT2D eigenvalue weighted by Crippen LogP contribution is 2.31. The van der Waals surface area contributed by atoms with Crippen LogP contribution in [0.2, 0.25) is 0 Å². The van der Waals surface area contributed by atoms with E-state index in [-0.39, 0.29) is 18.4 Å². The first-order chi connectivity index (χ1) is 13.0. The number of hydrazine groups is 1. The molecule has 144 valence electrons. The number of benzene rings is 1. The summed E-state index contributed by atoms with van der Waals surface area (Å²) in [4.78, 5) is 28.3. The molecule has 3 N–H and O–H groups in total. The molecule has 1 aromatic carbocycles. The summed E-state index contributed by atoms with van der Waals surface area (Å²) in [5, 5.41) is 19.1. The minimum Gasteiger partial charge on any atom is -0.286 e. The standard InChI is InChI=1S/C18H24N6O3/c1-12-6-5-9-15-16(12)20-18(22-21-15)24(19)17(26)14(10-23(27)11-25)13-7-3-2-4-8-13/h5-6,9,11,13-14,27H,2-4,7-8,10,19H2,1H3/t14-/m0/s1. The maximum atomic E-state index is 13.1. The fourth-order valence-electron chi connectivity index (χ4n) is 3.68. The first-order valence-corrected chi connectivity index (χ1v) is 9.10. The van der Waals surface area contributed by atoms with Crippen LogP contribution in [0.5, 0.6) is 0 Å². The van der Waals surface area contributed by atoms with E-state index in [1.807, 2.05) is 19.1 Å². The maximum Gasteiger partial charge on any atom is 0.267 e. The van der Waals surface area contributed by atoms with Gasteiger partial charge < -0.3 is 0 Å². The number of fused-ring (bicyclic) bond motifs is 1. The number of carbonyl (C=O) groups excluding carboxylic acids is 2. The fraction of sp³-hybridized carbons (Fsp3) is 0.500. The lowest BCUT2D eigenvalue weighted by atomic mass is 9.79. The van der Waals surface area contributed by atoms with Crippen molar-refractivity contribution in [2.24, 2.45) is 17.7 Å². The van der Waals surface area contributed by atoms with Crippen molar-refractivity contribution in [1.82, 2.24) is 20.2 Å². The molecule has 1 fully saturated rings. The molecule has 0 radical (unpaired) electrons. The van der Waals surface area contributed by atoms with E-state index < -0.39 is 11.8 Å². The van der Waals surface area contributed by atoms with Gasteiger partial charge >= 0.3 is 0 Å².